The van der Waals surface area contributed by atoms with Crippen LogP contribution in [0.3, 0.4) is 0 Å². The fourth-order valence-electron chi connectivity index (χ4n) is 1.54. The molecule has 0 aromatic rings. The van der Waals surface area contributed by atoms with E-state index >= 15 is 0 Å². The molecule has 0 aliphatic carbocycles. The van der Waals surface area contributed by atoms with Crippen LogP contribution in [0.15, 0.2) is 23.9 Å². The number of hydrogen-bond acceptors (Lipinski definition) is 3. The second kappa shape index (κ2) is 4.41. The first-order valence-electron chi connectivity index (χ1n) is 5.40. The molecule has 2 rings (SSSR count). The van der Waals surface area contributed by atoms with Crippen LogP contribution in [-0.4, -0.2) is 26.9 Å². The lowest BCUT2D eigenvalue weighted by molar-refractivity contribution is 0.0335. The van der Waals surface area contributed by atoms with Crippen molar-refractivity contribution in [1.82, 2.24) is 0 Å². The first-order chi connectivity index (χ1) is 7.16. The Labute approximate surface area is 91.2 Å². The lowest BCUT2D eigenvalue weighted by Gasteiger charge is -2.31. The number of allylic oxidation sites excluding steroid dienone is 1. The van der Waals surface area contributed by atoms with Gasteiger partial charge in [-0.1, -0.05) is 19.8 Å². The van der Waals surface area contributed by atoms with Crippen LogP contribution in [0.5, 0.6) is 0 Å². The summed E-state index contributed by atoms with van der Waals surface area (Å²) in [6.07, 6.45) is 5.00. The topological polar surface area (TPSA) is 27.7 Å². The fourth-order valence-corrected chi connectivity index (χ4v) is 1.54. The van der Waals surface area contributed by atoms with E-state index in [0.717, 1.165) is 32.0 Å². The molecular weight excluding hydrogens is 191 g/mol. The molecule has 0 unspecified atom stereocenters. The van der Waals surface area contributed by atoms with Crippen molar-refractivity contribution in [2.45, 2.75) is 20.3 Å². The Hall–Kier alpha value is -0.735. The van der Waals surface area contributed by atoms with Gasteiger partial charge in [0.2, 0.25) is 0 Å². The highest BCUT2D eigenvalue weighted by Gasteiger charge is 2.30. The van der Waals surface area contributed by atoms with Crippen molar-refractivity contribution in [2.24, 2.45) is 5.41 Å². The molecule has 82 valence electrons. The predicted molar refractivity (Wildman–Crippen MR) is 59.2 cm³/mol. The van der Waals surface area contributed by atoms with Gasteiger partial charge in [0.05, 0.1) is 6.61 Å². The molecule has 0 atom stereocenters. The summed E-state index contributed by atoms with van der Waals surface area (Å²) in [6, 6.07) is 0. The molecule has 2 aliphatic rings. The summed E-state index contributed by atoms with van der Waals surface area (Å²) in [5, 5.41) is 0. The van der Waals surface area contributed by atoms with Crippen LogP contribution in [0.2, 0.25) is 0 Å². The zero-order valence-electron chi connectivity index (χ0n) is 9.36. The van der Waals surface area contributed by atoms with Gasteiger partial charge in [-0.25, -0.2) is 0 Å². The van der Waals surface area contributed by atoms with E-state index in [2.05, 4.69) is 19.9 Å². The van der Waals surface area contributed by atoms with Crippen molar-refractivity contribution in [3.63, 3.8) is 0 Å². The van der Waals surface area contributed by atoms with Crippen molar-refractivity contribution < 1.29 is 14.0 Å². The van der Waals surface area contributed by atoms with Gasteiger partial charge in [-0.15, -0.1) is 0 Å². The van der Waals surface area contributed by atoms with Crippen molar-refractivity contribution >= 4 is 7.12 Å². The molecule has 4 heteroatoms. The van der Waals surface area contributed by atoms with E-state index in [1.165, 1.54) is 0 Å². The van der Waals surface area contributed by atoms with E-state index in [1.54, 1.807) is 0 Å². The Balaban J connectivity index is 1.81. The van der Waals surface area contributed by atoms with E-state index in [1.807, 2.05) is 12.1 Å². The third kappa shape index (κ3) is 3.11. The minimum Gasteiger partial charge on any atom is -0.494 e. The van der Waals surface area contributed by atoms with Crippen LogP contribution in [0.25, 0.3) is 0 Å². The summed E-state index contributed by atoms with van der Waals surface area (Å²) in [5.41, 5.74) is 0.132. The lowest BCUT2D eigenvalue weighted by Crippen LogP contribution is -2.39. The molecule has 0 saturated carbocycles. The predicted octanol–water partition coefficient (Wildman–Crippen LogP) is 1.95. The van der Waals surface area contributed by atoms with Gasteiger partial charge >= 0.3 is 7.12 Å². The summed E-state index contributed by atoms with van der Waals surface area (Å²) < 4.78 is 16.5. The number of ether oxygens (including phenoxy) is 1. The minimum atomic E-state index is -0.219. The Morgan fingerprint density at radius 3 is 2.67 bits per heavy atom. The first kappa shape index (κ1) is 10.8. The molecule has 2 heterocycles. The highest BCUT2D eigenvalue weighted by molar-refractivity contribution is 6.50. The smallest absolute Gasteiger partial charge is 0.486 e. The minimum absolute atomic E-state index is 0.132. The molecule has 0 spiro atoms. The Kier molecular flexibility index (Phi) is 3.17. The average molecular weight is 208 g/mol. The number of rotatable bonds is 2. The maximum atomic E-state index is 5.56. The Bertz CT molecular complexity index is 274. The highest BCUT2D eigenvalue weighted by atomic mass is 16.6. The molecule has 0 aromatic heterocycles. The largest absolute Gasteiger partial charge is 0.494 e. The van der Waals surface area contributed by atoms with E-state index in [0.29, 0.717) is 0 Å². The summed E-state index contributed by atoms with van der Waals surface area (Å²) in [7, 11) is -0.219. The van der Waals surface area contributed by atoms with Crippen molar-refractivity contribution in [1.29, 1.82) is 0 Å². The van der Waals surface area contributed by atoms with E-state index in [4.69, 9.17) is 14.0 Å². The van der Waals surface area contributed by atoms with Gasteiger partial charge in [-0.3, -0.25) is 0 Å². The standard InChI is InChI=1S/C11H17BO3/c1-11(2)8-14-12(15-9-11)6-5-10-4-3-7-13-10/h4-6H,3,7-9H2,1-2H3/b6-5+. The molecular formula is C11H17BO3. The van der Waals surface area contributed by atoms with Crippen molar-refractivity contribution in [2.75, 3.05) is 19.8 Å². The molecule has 0 radical (unpaired) electrons. The zero-order chi connectivity index (χ0) is 10.7. The average Bonchev–Trinajstić information content (AvgIpc) is 2.69. The summed E-state index contributed by atoms with van der Waals surface area (Å²) >= 11 is 0. The Morgan fingerprint density at radius 2 is 2.07 bits per heavy atom. The lowest BCUT2D eigenvalue weighted by atomic mass is 9.83. The van der Waals surface area contributed by atoms with Gasteiger partial charge in [0, 0.05) is 25.0 Å². The van der Waals surface area contributed by atoms with Gasteiger partial charge in [-0.05, 0) is 12.2 Å². The monoisotopic (exact) mass is 208 g/mol. The Morgan fingerprint density at radius 1 is 1.33 bits per heavy atom. The third-order valence-electron chi connectivity index (χ3n) is 2.43. The van der Waals surface area contributed by atoms with Crippen molar-refractivity contribution in [3.8, 4) is 0 Å². The van der Waals surface area contributed by atoms with E-state index < -0.39 is 0 Å². The van der Waals surface area contributed by atoms with Crippen LogP contribution < -0.4 is 0 Å². The normalized spacial score (nSPS) is 25.5. The maximum absolute atomic E-state index is 5.56. The first-order valence-corrected chi connectivity index (χ1v) is 5.40. The molecule has 0 aromatic carbocycles. The van der Waals surface area contributed by atoms with Crippen LogP contribution in [0.4, 0.5) is 0 Å². The molecule has 3 nitrogen and oxygen atoms in total. The molecule has 0 amide bonds. The maximum Gasteiger partial charge on any atom is 0.486 e. The van der Waals surface area contributed by atoms with Crippen LogP contribution in [0, 0.1) is 5.41 Å². The van der Waals surface area contributed by atoms with E-state index in [-0.39, 0.29) is 12.5 Å². The second-order valence-electron chi connectivity index (χ2n) is 4.76. The molecule has 1 saturated heterocycles. The van der Waals surface area contributed by atoms with Crippen molar-refractivity contribution in [3.05, 3.63) is 23.9 Å². The zero-order valence-corrected chi connectivity index (χ0v) is 9.36. The summed E-state index contributed by atoms with van der Waals surface area (Å²) in [6.45, 7) is 6.54. The fraction of sp³-hybridized carbons (Fsp3) is 0.636. The van der Waals surface area contributed by atoms with Gasteiger partial charge in [0.25, 0.3) is 0 Å². The van der Waals surface area contributed by atoms with Gasteiger partial charge in [0.15, 0.2) is 0 Å². The number of hydrogen-bond donors (Lipinski definition) is 0. The summed E-state index contributed by atoms with van der Waals surface area (Å²) in [5.74, 6) is 2.83. The molecule has 15 heavy (non-hydrogen) atoms. The third-order valence-corrected chi connectivity index (χ3v) is 2.43. The van der Waals surface area contributed by atoms with Crippen LogP contribution >= 0.6 is 0 Å². The second-order valence-corrected chi connectivity index (χ2v) is 4.76. The van der Waals surface area contributed by atoms with Gasteiger partial charge in [-0.2, -0.15) is 0 Å². The van der Waals surface area contributed by atoms with Crippen LogP contribution in [0.1, 0.15) is 20.3 Å². The molecule has 0 bridgehead atoms. The van der Waals surface area contributed by atoms with E-state index in [9.17, 15) is 0 Å². The molecule has 1 fully saturated rings. The molecule has 2 aliphatic heterocycles. The quantitative estimate of drug-likeness (QED) is 0.649. The van der Waals surface area contributed by atoms with Crippen LogP contribution in [-0.2, 0) is 14.0 Å². The summed E-state index contributed by atoms with van der Waals surface area (Å²) in [4.78, 5) is 0. The molecule has 0 N–H and O–H groups in total. The highest BCUT2D eigenvalue weighted by Crippen LogP contribution is 2.22. The van der Waals surface area contributed by atoms with Gasteiger partial charge in [0.1, 0.15) is 5.76 Å². The van der Waals surface area contributed by atoms with Gasteiger partial charge < -0.3 is 14.0 Å². The SMILES string of the molecule is CC1(C)COB(/C=C/C2=CCCO2)OC1.